The lowest BCUT2D eigenvalue weighted by molar-refractivity contribution is -0.118. The molecule has 1 saturated heterocycles. The zero-order valence-corrected chi connectivity index (χ0v) is 18.1. The van der Waals surface area contributed by atoms with Crippen LogP contribution in [0.4, 0.5) is 11.4 Å². The van der Waals surface area contributed by atoms with Crippen LogP contribution in [0.15, 0.2) is 66.7 Å². The molecule has 0 radical (unpaired) electrons. The molecule has 1 amide bonds. The standard InChI is InChI=1S/C23H25N3O4S/c1-31(28,29)26-14-12-25(13-15-26)22-9-5-4-8-21(22)24-23(27)17-30-20-11-10-18-6-2-3-7-19(18)16-20/h2-11,16H,12-15,17H2,1H3,(H,24,27). The van der Waals surface area contributed by atoms with E-state index < -0.39 is 10.0 Å². The number of carbonyl (C=O) groups is 1. The lowest BCUT2D eigenvalue weighted by Crippen LogP contribution is -2.48. The van der Waals surface area contributed by atoms with Gasteiger partial charge >= 0.3 is 0 Å². The SMILES string of the molecule is CS(=O)(=O)N1CCN(c2ccccc2NC(=O)COc2ccc3ccccc3c2)CC1. The maximum absolute atomic E-state index is 12.5. The van der Waals surface area contributed by atoms with E-state index in [0.717, 1.165) is 16.5 Å². The molecule has 31 heavy (non-hydrogen) atoms. The fourth-order valence-corrected chi connectivity index (χ4v) is 4.53. The van der Waals surface area contributed by atoms with Crippen LogP contribution in [-0.4, -0.2) is 57.7 Å². The Bertz CT molecular complexity index is 1190. The Kier molecular flexibility index (Phi) is 6.11. The molecule has 1 fully saturated rings. The summed E-state index contributed by atoms with van der Waals surface area (Å²) >= 11 is 0. The summed E-state index contributed by atoms with van der Waals surface area (Å²) in [6.07, 6.45) is 1.23. The molecule has 8 heteroatoms. The van der Waals surface area contributed by atoms with E-state index in [1.165, 1.54) is 10.6 Å². The molecule has 1 aliphatic heterocycles. The highest BCUT2D eigenvalue weighted by Crippen LogP contribution is 2.27. The smallest absolute Gasteiger partial charge is 0.262 e. The molecule has 0 spiro atoms. The van der Waals surface area contributed by atoms with Gasteiger partial charge in [0.25, 0.3) is 5.91 Å². The van der Waals surface area contributed by atoms with E-state index in [1.54, 1.807) is 0 Å². The van der Waals surface area contributed by atoms with Gasteiger partial charge in [-0.25, -0.2) is 8.42 Å². The number of para-hydroxylation sites is 2. The van der Waals surface area contributed by atoms with Gasteiger partial charge in [-0.05, 0) is 35.0 Å². The number of sulfonamides is 1. The van der Waals surface area contributed by atoms with Gasteiger partial charge in [0.2, 0.25) is 10.0 Å². The van der Waals surface area contributed by atoms with Crippen LogP contribution in [0, 0.1) is 0 Å². The Hall–Kier alpha value is -3.10. The normalized spacial score (nSPS) is 15.1. The minimum absolute atomic E-state index is 0.103. The second kappa shape index (κ2) is 8.95. The lowest BCUT2D eigenvalue weighted by atomic mass is 10.1. The van der Waals surface area contributed by atoms with Gasteiger partial charge in [-0.1, -0.05) is 42.5 Å². The first-order valence-electron chi connectivity index (χ1n) is 10.1. The van der Waals surface area contributed by atoms with Gasteiger partial charge < -0.3 is 15.0 Å². The van der Waals surface area contributed by atoms with E-state index >= 15 is 0 Å². The first kappa shape index (κ1) is 21.1. The van der Waals surface area contributed by atoms with Crippen molar-refractivity contribution >= 4 is 38.1 Å². The number of benzene rings is 3. The van der Waals surface area contributed by atoms with Crippen molar-refractivity contribution < 1.29 is 17.9 Å². The number of hydrogen-bond donors (Lipinski definition) is 1. The van der Waals surface area contributed by atoms with Crippen molar-refractivity contribution in [1.29, 1.82) is 0 Å². The van der Waals surface area contributed by atoms with Crippen LogP contribution in [0.25, 0.3) is 10.8 Å². The summed E-state index contributed by atoms with van der Waals surface area (Å²) < 4.78 is 30.6. The average Bonchev–Trinajstić information content (AvgIpc) is 2.77. The van der Waals surface area contributed by atoms with Crippen LogP contribution in [0.1, 0.15) is 0 Å². The van der Waals surface area contributed by atoms with Crippen LogP contribution in [0.5, 0.6) is 5.75 Å². The number of nitrogens with one attached hydrogen (secondary N) is 1. The van der Waals surface area contributed by atoms with Crippen LogP contribution in [0.2, 0.25) is 0 Å². The highest BCUT2D eigenvalue weighted by Gasteiger charge is 2.24. The van der Waals surface area contributed by atoms with E-state index in [4.69, 9.17) is 4.74 Å². The van der Waals surface area contributed by atoms with E-state index in [2.05, 4.69) is 10.2 Å². The summed E-state index contributed by atoms with van der Waals surface area (Å²) in [5, 5.41) is 5.09. The molecule has 3 aromatic rings. The zero-order valence-electron chi connectivity index (χ0n) is 17.3. The molecule has 1 heterocycles. The number of rotatable bonds is 6. The van der Waals surface area contributed by atoms with Crippen LogP contribution in [-0.2, 0) is 14.8 Å². The van der Waals surface area contributed by atoms with Crippen molar-refractivity contribution in [3.63, 3.8) is 0 Å². The largest absolute Gasteiger partial charge is 0.484 e. The molecule has 0 unspecified atom stereocenters. The van der Waals surface area contributed by atoms with Crippen LogP contribution < -0.4 is 15.0 Å². The third kappa shape index (κ3) is 5.15. The molecule has 162 valence electrons. The summed E-state index contributed by atoms with van der Waals surface area (Å²) in [7, 11) is -3.19. The van der Waals surface area contributed by atoms with Crippen molar-refractivity contribution in [3.05, 3.63) is 66.7 Å². The molecular weight excluding hydrogens is 414 g/mol. The van der Waals surface area contributed by atoms with Crippen molar-refractivity contribution in [3.8, 4) is 5.75 Å². The Morgan fingerprint density at radius 3 is 2.35 bits per heavy atom. The molecule has 1 aliphatic rings. The van der Waals surface area contributed by atoms with Crippen molar-refractivity contribution in [2.75, 3.05) is 49.3 Å². The van der Waals surface area contributed by atoms with Gasteiger partial charge in [0.15, 0.2) is 6.61 Å². The van der Waals surface area contributed by atoms with E-state index in [1.807, 2.05) is 66.7 Å². The molecule has 0 aliphatic carbocycles. The number of fused-ring (bicyclic) bond motifs is 1. The number of hydrogen-bond acceptors (Lipinski definition) is 5. The molecule has 4 rings (SSSR count). The Morgan fingerprint density at radius 1 is 0.935 bits per heavy atom. The molecule has 0 atom stereocenters. The minimum atomic E-state index is -3.19. The molecular formula is C23H25N3O4S. The van der Waals surface area contributed by atoms with E-state index in [0.29, 0.717) is 37.6 Å². The fourth-order valence-electron chi connectivity index (χ4n) is 3.71. The van der Waals surface area contributed by atoms with Crippen molar-refractivity contribution in [2.45, 2.75) is 0 Å². The lowest BCUT2D eigenvalue weighted by Gasteiger charge is -2.35. The Morgan fingerprint density at radius 2 is 1.61 bits per heavy atom. The Labute approximate surface area is 182 Å². The zero-order chi connectivity index (χ0) is 21.8. The minimum Gasteiger partial charge on any atom is -0.484 e. The maximum Gasteiger partial charge on any atom is 0.262 e. The molecule has 0 aromatic heterocycles. The van der Waals surface area contributed by atoms with E-state index in [-0.39, 0.29) is 12.5 Å². The maximum atomic E-state index is 12.5. The predicted molar refractivity (Wildman–Crippen MR) is 123 cm³/mol. The number of nitrogens with zero attached hydrogens (tertiary/aromatic N) is 2. The first-order valence-corrected chi connectivity index (χ1v) is 12.0. The molecule has 0 bridgehead atoms. The van der Waals surface area contributed by atoms with Gasteiger partial charge in [0.05, 0.1) is 17.6 Å². The van der Waals surface area contributed by atoms with Crippen molar-refractivity contribution in [1.82, 2.24) is 4.31 Å². The topological polar surface area (TPSA) is 79.0 Å². The monoisotopic (exact) mass is 439 g/mol. The Balaban J connectivity index is 1.38. The molecule has 3 aromatic carbocycles. The average molecular weight is 440 g/mol. The molecule has 0 saturated carbocycles. The van der Waals surface area contributed by atoms with Gasteiger partial charge in [0.1, 0.15) is 5.75 Å². The second-order valence-corrected chi connectivity index (χ2v) is 9.49. The quantitative estimate of drug-likeness (QED) is 0.639. The molecule has 1 N–H and O–H groups in total. The van der Waals surface area contributed by atoms with Gasteiger partial charge in [-0.2, -0.15) is 4.31 Å². The summed E-state index contributed by atoms with van der Waals surface area (Å²) in [4.78, 5) is 14.6. The number of carbonyl (C=O) groups excluding carboxylic acids is 1. The predicted octanol–water partition coefficient (Wildman–Crippen LogP) is 2.94. The highest BCUT2D eigenvalue weighted by molar-refractivity contribution is 7.88. The summed E-state index contributed by atoms with van der Waals surface area (Å²) in [5.41, 5.74) is 1.55. The van der Waals surface area contributed by atoms with Crippen LogP contribution >= 0.6 is 0 Å². The number of anilines is 2. The summed E-state index contributed by atoms with van der Waals surface area (Å²) in [6.45, 7) is 1.87. The summed E-state index contributed by atoms with van der Waals surface area (Å²) in [6, 6.07) is 21.2. The highest BCUT2D eigenvalue weighted by atomic mass is 32.2. The van der Waals surface area contributed by atoms with E-state index in [9.17, 15) is 13.2 Å². The number of amides is 1. The summed E-state index contributed by atoms with van der Waals surface area (Å²) in [5.74, 6) is 0.384. The second-order valence-electron chi connectivity index (χ2n) is 7.51. The van der Waals surface area contributed by atoms with Crippen molar-refractivity contribution in [2.24, 2.45) is 0 Å². The third-order valence-electron chi connectivity index (χ3n) is 5.32. The van der Waals surface area contributed by atoms with Gasteiger partial charge in [-0.3, -0.25) is 4.79 Å². The third-order valence-corrected chi connectivity index (χ3v) is 6.62. The van der Waals surface area contributed by atoms with Gasteiger partial charge in [0, 0.05) is 26.2 Å². The first-order chi connectivity index (χ1) is 14.9. The van der Waals surface area contributed by atoms with Crippen LogP contribution in [0.3, 0.4) is 0 Å². The molecule has 7 nitrogen and oxygen atoms in total. The number of ether oxygens (including phenoxy) is 1. The number of piperazine rings is 1. The van der Waals surface area contributed by atoms with Gasteiger partial charge in [-0.15, -0.1) is 0 Å². The fraction of sp³-hybridized carbons (Fsp3) is 0.261.